The van der Waals surface area contributed by atoms with Crippen LogP contribution in [-0.4, -0.2) is 39.9 Å². The number of pyridine rings is 3. The maximum atomic E-state index is 4.99. The largest absolute Gasteiger partial charge is 0.331 e. The molecule has 13 heteroatoms. The average molecular weight is 1400 g/mol. The number of para-hydroxylation sites is 2. The van der Waals surface area contributed by atoms with Crippen LogP contribution in [-0.2, 0) is 41.7 Å². The maximum Gasteiger partial charge on any atom is 0.331 e. The van der Waals surface area contributed by atoms with Crippen LogP contribution in [0.2, 0.25) is 0 Å². The number of aryl methyl sites for hydroxylation is 13. The van der Waals surface area contributed by atoms with Gasteiger partial charge in [-0.1, -0.05) is 120 Å². The SMILES string of the molecule is Cc1cc(C)c(C)c(-c2nc3cc(C(C)C)cnc3c[n+]2C)c1.Cc1cc(C)c(C)c(-c2nc3cc(CC(C)C)cnc3c[n+]2C)c1.Cc1cc(C)c(C)c(-c2nc3cccnc3c[n+]2C)c1.Cc1ccccc1-c1nc(C(C)C)c2ccccc2[n+]1C.Cc1ccccc1-c1ncc2ccccc2[n+]1C. The highest BCUT2D eigenvalue weighted by molar-refractivity contribution is 5.81. The van der Waals surface area contributed by atoms with Crippen molar-refractivity contribution in [1.82, 2.24) is 39.9 Å². The van der Waals surface area contributed by atoms with Crippen molar-refractivity contribution in [2.75, 3.05) is 0 Å². The molecule has 0 saturated carbocycles. The normalized spacial score (nSPS) is 11.2. The molecule has 0 saturated heterocycles. The highest BCUT2D eigenvalue weighted by Crippen LogP contribution is 2.31. The van der Waals surface area contributed by atoms with E-state index in [1.165, 1.54) is 122 Å². The zero-order valence-corrected chi connectivity index (χ0v) is 66.3. The van der Waals surface area contributed by atoms with Gasteiger partial charge in [-0.3, -0.25) is 0 Å². The summed E-state index contributed by atoms with van der Waals surface area (Å²) < 4.78 is 10.6. The van der Waals surface area contributed by atoms with Crippen molar-refractivity contribution in [3.05, 3.63) is 279 Å². The molecule has 0 unspecified atom stereocenters. The van der Waals surface area contributed by atoms with Gasteiger partial charge in [-0.2, -0.15) is 0 Å². The number of hydrogen-bond donors (Lipinski definition) is 0. The summed E-state index contributed by atoms with van der Waals surface area (Å²) in [5.41, 5.74) is 31.7. The molecule has 0 spiro atoms. The van der Waals surface area contributed by atoms with Crippen LogP contribution in [0.25, 0.3) is 112 Å². The molecule has 0 fully saturated rings. The van der Waals surface area contributed by atoms with Crippen molar-refractivity contribution in [2.45, 2.75) is 136 Å². The Labute approximate surface area is 627 Å². The van der Waals surface area contributed by atoms with Gasteiger partial charge in [0.1, 0.15) is 29.6 Å². The summed E-state index contributed by atoms with van der Waals surface area (Å²) >= 11 is 0. The number of fused-ring (bicyclic) bond motifs is 5. The van der Waals surface area contributed by atoms with Crippen molar-refractivity contribution in [2.24, 2.45) is 41.2 Å². The highest BCUT2D eigenvalue weighted by Gasteiger charge is 2.26. The predicted octanol–water partition coefficient (Wildman–Crippen LogP) is 18.7. The van der Waals surface area contributed by atoms with Crippen LogP contribution in [0.1, 0.15) is 131 Å². The molecule has 536 valence electrons. The fraction of sp³-hybridized carbons (Fsp3) is 0.280. The van der Waals surface area contributed by atoms with Gasteiger partial charge < -0.3 is 0 Å². The van der Waals surface area contributed by atoms with E-state index in [0.717, 1.165) is 74.0 Å². The minimum atomic E-state index is 0.402. The van der Waals surface area contributed by atoms with Crippen molar-refractivity contribution in [3.63, 3.8) is 0 Å². The van der Waals surface area contributed by atoms with Crippen LogP contribution in [0.4, 0.5) is 0 Å². The maximum absolute atomic E-state index is 4.99. The topological polar surface area (TPSA) is 123 Å². The van der Waals surface area contributed by atoms with E-state index >= 15 is 0 Å². The zero-order valence-electron chi connectivity index (χ0n) is 66.3. The van der Waals surface area contributed by atoms with E-state index in [2.05, 4.69) is 326 Å². The van der Waals surface area contributed by atoms with E-state index in [4.69, 9.17) is 19.9 Å². The van der Waals surface area contributed by atoms with Gasteiger partial charge in [0.15, 0.2) is 28.4 Å². The first-order valence-corrected chi connectivity index (χ1v) is 37.0. The second kappa shape index (κ2) is 32.8. The third kappa shape index (κ3) is 16.9. The van der Waals surface area contributed by atoms with E-state index in [1.54, 1.807) is 6.20 Å². The fourth-order valence-corrected chi connectivity index (χ4v) is 13.9. The Balaban J connectivity index is 0.000000133. The third-order valence-electron chi connectivity index (χ3n) is 20.1. The molecule has 106 heavy (non-hydrogen) atoms. The number of aromatic nitrogens is 13. The van der Waals surface area contributed by atoms with E-state index in [-0.39, 0.29) is 0 Å². The number of rotatable bonds is 9. The van der Waals surface area contributed by atoms with Gasteiger partial charge in [-0.15, -0.1) is 0 Å². The van der Waals surface area contributed by atoms with Crippen LogP contribution in [0.5, 0.6) is 0 Å². The number of benzene rings is 7. The molecule has 0 radical (unpaired) electrons. The second-order valence-corrected chi connectivity index (χ2v) is 29.8. The molecule has 7 aromatic carbocycles. The Kier molecular flexibility index (Phi) is 23.5. The van der Waals surface area contributed by atoms with Gasteiger partial charge in [0.2, 0.25) is 16.6 Å². The first kappa shape index (κ1) is 75.8. The molecule has 8 aromatic heterocycles. The van der Waals surface area contributed by atoms with Crippen LogP contribution in [0, 0.1) is 82.1 Å². The molecule has 8 heterocycles. The standard InChI is InChI=1S/C21H26N3.C20H24N3.C19H21N2.C17H18N3.C16H15N2/c1-13(2)7-17-10-19-20(22-11-17)12-24(6)21(23-19)18-9-14(3)8-15(4)16(18)5;1-12(2)16-9-18-19(21-10-16)11-23(6)20(22-18)17-8-13(3)7-14(4)15(17)5;1-13(2)18-16-11-7-8-12-17(16)21(4)19(20-18)15-10-6-5-9-14(15)3;1-11-8-12(2)13(3)14(9-11)17-19-15-6-5-7-18-16(15)10-20(17)4;1-12-7-3-5-9-14(12)16-17-11-13-8-4-6-10-15(13)18(16)2/h8-13H,7H2,1-6H3;7-12H,1-6H3;5-13H,1-4H3;5-10H,1-4H3;3-11H,1-2H3/q5*+1. The van der Waals surface area contributed by atoms with E-state index < -0.39 is 0 Å². The molecular formula is C93H104N13+5. The Morgan fingerprint density at radius 3 is 1.28 bits per heavy atom. The lowest BCUT2D eigenvalue weighted by atomic mass is 9.99. The average Bonchev–Trinajstić information content (AvgIpc) is 0.761. The molecule has 13 nitrogen and oxygen atoms in total. The third-order valence-corrected chi connectivity index (χ3v) is 20.1. The Bertz CT molecular complexity index is 5770. The van der Waals surface area contributed by atoms with E-state index in [9.17, 15) is 0 Å². The Morgan fingerprint density at radius 1 is 0.330 bits per heavy atom. The Hall–Kier alpha value is -11.3. The van der Waals surface area contributed by atoms with Crippen LogP contribution in [0.3, 0.4) is 0 Å². The van der Waals surface area contributed by atoms with Gasteiger partial charge in [-0.05, 0) is 271 Å². The van der Waals surface area contributed by atoms with Crippen LogP contribution >= 0.6 is 0 Å². The summed E-state index contributed by atoms with van der Waals surface area (Å²) in [6, 6.07) is 55.2. The first-order valence-electron chi connectivity index (χ1n) is 37.0. The molecule has 0 amide bonds. The van der Waals surface area contributed by atoms with Gasteiger partial charge >= 0.3 is 29.1 Å². The molecule has 0 N–H and O–H groups in total. The summed E-state index contributed by atoms with van der Waals surface area (Å²) in [5, 5.41) is 2.41. The molecule has 0 atom stereocenters. The molecular weight excluding hydrogens is 1300 g/mol. The molecule has 15 aromatic rings. The molecule has 15 rings (SSSR count). The van der Waals surface area contributed by atoms with Gasteiger partial charge in [-0.25, -0.2) is 37.8 Å². The zero-order chi connectivity index (χ0) is 75.9. The van der Waals surface area contributed by atoms with Crippen molar-refractivity contribution in [1.29, 1.82) is 0 Å². The van der Waals surface area contributed by atoms with E-state index in [1.807, 2.05) is 64.1 Å². The lowest BCUT2D eigenvalue weighted by Crippen LogP contribution is -2.34. The number of hydrogen-bond acceptors (Lipinski definition) is 8. The van der Waals surface area contributed by atoms with Crippen LogP contribution in [0.15, 0.2) is 201 Å². The molecule has 0 aliphatic heterocycles. The summed E-state index contributed by atoms with van der Waals surface area (Å²) in [6.07, 6.45) is 14.9. The molecule has 0 aliphatic rings. The summed E-state index contributed by atoms with van der Waals surface area (Å²) in [5.74, 6) is 6.48. The minimum Gasteiger partial charge on any atom is -0.248 e. The van der Waals surface area contributed by atoms with Crippen molar-refractivity contribution < 1.29 is 22.8 Å². The summed E-state index contributed by atoms with van der Waals surface area (Å²) in [4.78, 5) is 37.8. The molecule has 0 aliphatic carbocycles. The van der Waals surface area contributed by atoms with Crippen molar-refractivity contribution >= 4 is 54.9 Å². The second-order valence-electron chi connectivity index (χ2n) is 29.8. The first-order chi connectivity index (χ1) is 50.6. The summed E-state index contributed by atoms with van der Waals surface area (Å²) in [6.45, 7) is 36.8. The van der Waals surface area contributed by atoms with E-state index in [0.29, 0.717) is 17.8 Å². The highest BCUT2D eigenvalue weighted by atomic mass is 15.1. The lowest BCUT2D eigenvalue weighted by molar-refractivity contribution is -0.661. The quantitative estimate of drug-likeness (QED) is 0.131. The lowest BCUT2D eigenvalue weighted by Gasteiger charge is -2.10. The van der Waals surface area contributed by atoms with Gasteiger partial charge in [0.05, 0.1) is 73.8 Å². The monoisotopic (exact) mass is 1400 g/mol. The molecule has 0 bridgehead atoms. The van der Waals surface area contributed by atoms with Crippen LogP contribution < -0.4 is 22.8 Å². The minimum absolute atomic E-state index is 0.402. The predicted molar refractivity (Wildman–Crippen MR) is 434 cm³/mol. The Morgan fingerprint density at radius 2 is 0.774 bits per heavy atom. The smallest absolute Gasteiger partial charge is 0.248 e. The van der Waals surface area contributed by atoms with Gasteiger partial charge in [0.25, 0.3) is 0 Å². The van der Waals surface area contributed by atoms with Gasteiger partial charge in [0, 0.05) is 24.5 Å². The summed E-state index contributed by atoms with van der Waals surface area (Å²) in [7, 11) is 10.3. The fourth-order valence-electron chi connectivity index (χ4n) is 13.9. The van der Waals surface area contributed by atoms with Crippen molar-refractivity contribution in [3.8, 4) is 56.9 Å². The number of nitrogens with zero attached hydrogens (tertiary/aromatic N) is 13.